The Morgan fingerprint density at radius 3 is 2.50 bits per heavy atom. The van der Waals surface area contributed by atoms with Crippen LogP contribution in [0.25, 0.3) is 0 Å². The number of anilines is 1. The SMILES string of the molecule is COc1cc2cc(c1Cl)N(C)C(=O)C[C@H](C)[C@@]1(C)C[C@@](C)(O1)[C@@H]1C[C@@](C)(NC(=O)O1)[C@H](C)/C=C/C=C(\C)C2. The quantitative estimate of drug-likeness (QED) is 0.453. The summed E-state index contributed by atoms with van der Waals surface area (Å²) in [5, 5.41) is 3.47. The van der Waals surface area contributed by atoms with E-state index in [0.29, 0.717) is 35.7 Å². The van der Waals surface area contributed by atoms with Crippen molar-refractivity contribution in [1.29, 1.82) is 0 Å². The van der Waals surface area contributed by atoms with E-state index in [1.807, 2.05) is 39.0 Å². The van der Waals surface area contributed by atoms with E-state index in [9.17, 15) is 9.59 Å². The summed E-state index contributed by atoms with van der Waals surface area (Å²) in [6, 6.07) is 3.88. The van der Waals surface area contributed by atoms with Gasteiger partial charge in [0.25, 0.3) is 0 Å². The summed E-state index contributed by atoms with van der Waals surface area (Å²) in [4.78, 5) is 27.7. The highest BCUT2D eigenvalue weighted by Crippen LogP contribution is 2.51. The van der Waals surface area contributed by atoms with Crippen molar-refractivity contribution in [3.05, 3.63) is 46.5 Å². The molecule has 0 aliphatic carbocycles. The van der Waals surface area contributed by atoms with E-state index < -0.39 is 22.8 Å². The highest BCUT2D eigenvalue weighted by molar-refractivity contribution is 6.35. The van der Waals surface area contributed by atoms with Crippen LogP contribution in [0.2, 0.25) is 5.02 Å². The van der Waals surface area contributed by atoms with Crippen LogP contribution in [-0.2, 0) is 20.7 Å². The van der Waals surface area contributed by atoms with Crippen molar-refractivity contribution in [3.63, 3.8) is 0 Å². The van der Waals surface area contributed by atoms with E-state index in [-0.39, 0.29) is 30.3 Å². The minimum atomic E-state index is -0.620. The van der Waals surface area contributed by atoms with Gasteiger partial charge in [0, 0.05) is 26.3 Å². The molecule has 0 aromatic heterocycles. The number of rotatable bonds is 1. The highest BCUT2D eigenvalue weighted by Gasteiger charge is 2.60. The van der Waals surface area contributed by atoms with Crippen molar-refractivity contribution in [1.82, 2.24) is 5.32 Å². The lowest BCUT2D eigenvalue weighted by Gasteiger charge is -2.60. The minimum Gasteiger partial charge on any atom is -0.495 e. The van der Waals surface area contributed by atoms with E-state index in [1.54, 1.807) is 19.1 Å². The Kier molecular flexibility index (Phi) is 7.67. The molecule has 0 saturated carbocycles. The Morgan fingerprint density at radius 1 is 1.16 bits per heavy atom. The molecule has 2 amide bonds. The van der Waals surface area contributed by atoms with Gasteiger partial charge in [-0.25, -0.2) is 4.79 Å². The van der Waals surface area contributed by atoms with Crippen molar-refractivity contribution in [2.75, 3.05) is 19.1 Å². The molecule has 1 N–H and O–H groups in total. The standard InChI is InChI=1S/C30H41ClN2O5/c1-18-10-9-11-19(2)28(4)16-24(37-27(35)32-28)30(6)17-29(5,38-30)20(3)13-25(34)33(7)22-14-21(12-18)15-23(36-8)26(22)31/h9-11,14-15,19-20,24H,12-13,16-17H2,1-8H3,(H,32,35)/b11-9+,18-10+/t19-,20+,24+,28-,29-,30-/m1/s1. The van der Waals surface area contributed by atoms with Crippen molar-refractivity contribution >= 4 is 29.3 Å². The van der Waals surface area contributed by atoms with E-state index in [0.717, 1.165) is 11.1 Å². The zero-order valence-corrected chi connectivity index (χ0v) is 24.6. The van der Waals surface area contributed by atoms with Gasteiger partial charge in [-0.1, -0.05) is 49.2 Å². The number of hydrogen-bond acceptors (Lipinski definition) is 5. The molecule has 4 aliphatic heterocycles. The van der Waals surface area contributed by atoms with Gasteiger partial charge in [0.05, 0.1) is 23.9 Å². The van der Waals surface area contributed by atoms with Gasteiger partial charge in [-0.05, 0) is 63.6 Å². The average molecular weight is 545 g/mol. The average Bonchev–Trinajstić information content (AvgIpc) is 2.82. The van der Waals surface area contributed by atoms with Crippen molar-refractivity contribution in [3.8, 4) is 5.75 Å². The summed E-state index contributed by atoms with van der Waals surface area (Å²) >= 11 is 6.66. The predicted octanol–water partition coefficient (Wildman–Crippen LogP) is 6.23. The molecule has 0 unspecified atom stereocenters. The third kappa shape index (κ3) is 5.32. The second-order valence-electron chi connectivity index (χ2n) is 12.1. The maximum absolute atomic E-state index is 13.4. The summed E-state index contributed by atoms with van der Waals surface area (Å²) < 4.78 is 17.9. The van der Waals surface area contributed by atoms with Gasteiger partial charge in [-0.3, -0.25) is 4.79 Å². The summed E-state index contributed by atoms with van der Waals surface area (Å²) in [6.45, 7) is 12.3. The highest BCUT2D eigenvalue weighted by atomic mass is 35.5. The largest absolute Gasteiger partial charge is 0.495 e. The number of halogens is 1. The Hall–Kier alpha value is -2.51. The zero-order chi connectivity index (χ0) is 28.0. The van der Waals surface area contributed by atoms with Gasteiger partial charge < -0.3 is 24.4 Å². The maximum Gasteiger partial charge on any atom is 0.407 e. The van der Waals surface area contributed by atoms with Gasteiger partial charge in [0.15, 0.2) is 0 Å². The van der Waals surface area contributed by atoms with Gasteiger partial charge in [0.2, 0.25) is 5.91 Å². The van der Waals surface area contributed by atoms with Gasteiger partial charge in [-0.15, -0.1) is 0 Å². The number of alkyl carbamates (subject to hydrolysis) is 1. The Balaban J connectivity index is 1.73. The zero-order valence-electron chi connectivity index (χ0n) is 23.8. The molecule has 5 rings (SSSR count). The molecule has 2 fully saturated rings. The van der Waals surface area contributed by atoms with E-state index >= 15 is 0 Å². The smallest absolute Gasteiger partial charge is 0.407 e. The molecule has 208 valence electrons. The first-order chi connectivity index (χ1) is 17.7. The first-order valence-corrected chi connectivity index (χ1v) is 13.7. The minimum absolute atomic E-state index is 0.0557. The van der Waals surface area contributed by atoms with Crippen LogP contribution in [0.15, 0.2) is 35.9 Å². The van der Waals surface area contributed by atoms with E-state index in [2.05, 4.69) is 38.2 Å². The molecule has 1 aromatic rings. The number of amides is 2. The van der Waals surface area contributed by atoms with Crippen LogP contribution in [0.1, 0.15) is 66.4 Å². The molecule has 6 atom stereocenters. The summed E-state index contributed by atoms with van der Waals surface area (Å²) in [6.07, 6.45) is 7.70. The normalized spacial score (nSPS) is 38.3. The number of methoxy groups -OCH3 is 1. The van der Waals surface area contributed by atoms with Gasteiger partial charge >= 0.3 is 6.09 Å². The second kappa shape index (κ2) is 10.2. The molecule has 38 heavy (non-hydrogen) atoms. The number of nitrogens with zero attached hydrogens (tertiary/aromatic N) is 1. The lowest BCUT2D eigenvalue weighted by Crippen LogP contribution is -2.70. The third-order valence-corrected chi connectivity index (χ3v) is 9.30. The molecular weight excluding hydrogens is 504 g/mol. The number of carbonyl (C=O) groups is 2. The first-order valence-electron chi connectivity index (χ1n) is 13.4. The number of benzene rings is 1. The fourth-order valence-electron chi connectivity index (χ4n) is 6.05. The number of hydrogen-bond donors (Lipinski definition) is 1. The first kappa shape index (κ1) is 28.5. The van der Waals surface area contributed by atoms with Crippen LogP contribution in [0.4, 0.5) is 10.5 Å². The molecule has 1 aromatic carbocycles. The number of allylic oxidation sites excluding steroid dienone is 3. The van der Waals surface area contributed by atoms with Gasteiger partial charge in [-0.2, -0.15) is 0 Å². The fourth-order valence-corrected chi connectivity index (χ4v) is 6.36. The molecule has 0 spiro atoms. The van der Waals surface area contributed by atoms with Gasteiger partial charge in [0.1, 0.15) is 22.5 Å². The molecule has 4 heterocycles. The van der Waals surface area contributed by atoms with Crippen molar-refractivity contribution < 1.29 is 23.8 Å². The third-order valence-electron chi connectivity index (χ3n) is 8.92. The van der Waals surface area contributed by atoms with Crippen molar-refractivity contribution in [2.45, 2.75) is 90.1 Å². The molecule has 0 radical (unpaired) electrons. The molecule has 7 nitrogen and oxygen atoms in total. The summed E-state index contributed by atoms with van der Waals surface area (Å²) in [7, 11) is 3.33. The Labute approximate surface area is 231 Å². The summed E-state index contributed by atoms with van der Waals surface area (Å²) in [5.41, 5.74) is 1.14. The summed E-state index contributed by atoms with van der Waals surface area (Å²) in [5.74, 6) is 0.481. The van der Waals surface area contributed by atoms with E-state index in [4.69, 9.17) is 25.8 Å². The number of carbonyl (C=O) groups excluding carboxylic acids is 2. The lowest BCUT2D eigenvalue weighted by atomic mass is 9.68. The topological polar surface area (TPSA) is 77.1 Å². The Morgan fingerprint density at radius 2 is 1.84 bits per heavy atom. The number of nitrogens with one attached hydrogen (secondary N) is 1. The molecular formula is C30H41ClN2O5. The fraction of sp³-hybridized carbons (Fsp3) is 0.600. The van der Waals surface area contributed by atoms with Crippen LogP contribution in [0.3, 0.4) is 0 Å². The van der Waals surface area contributed by atoms with Crippen LogP contribution in [0, 0.1) is 11.8 Å². The number of fused-ring (bicyclic) bond motifs is 6. The van der Waals surface area contributed by atoms with Crippen LogP contribution >= 0.6 is 11.6 Å². The van der Waals surface area contributed by atoms with Crippen LogP contribution in [-0.4, -0.2) is 49.0 Å². The maximum atomic E-state index is 13.4. The second-order valence-corrected chi connectivity index (χ2v) is 12.5. The molecule has 8 heteroatoms. The van der Waals surface area contributed by atoms with Crippen LogP contribution < -0.4 is 15.0 Å². The van der Waals surface area contributed by atoms with Crippen LogP contribution in [0.5, 0.6) is 5.75 Å². The van der Waals surface area contributed by atoms with Crippen molar-refractivity contribution in [2.24, 2.45) is 11.8 Å². The Bertz CT molecular complexity index is 1170. The molecule has 2 saturated heterocycles. The monoisotopic (exact) mass is 544 g/mol. The molecule has 4 aliphatic rings. The lowest BCUT2D eigenvalue weighted by molar-refractivity contribution is -0.311. The predicted molar refractivity (Wildman–Crippen MR) is 150 cm³/mol. The molecule has 6 bridgehead atoms. The van der Waals surface area contributed by atoms with E-state index in [1.165, 1.54) is 0 Å². The number of ether oxygens (including phenoxy) is 3.